The first-order chi connectivity index (χ1) is 9.49. The summed E-state index contributed by atoms with van der Waals surface area (Å²) in [5.74, 6) is 0.923. The van der Waals surface area contributed by atoms with E-state index in [1.54, 1.807) is 11.8 Å². The molecule has 0 saturated heterocycles. The maximum absolute atomic E-state index is 5.83. The standard InChI is InChI=1S/C18H22OS/c1-18(2,3)15-7-9-16(10-8-15)19-13-14-5-11-17(20-4)12-6-14/h5-12H,13H2,1-4H3. The summed E-state index contributed by atoms with van der Waals surface area (Å²) in [6.45, 7) is 7.27. The summed E-state index contributed by atoms with van der Waals surface area (Å²) in [5, 5.41) is 0. The third kappa shape index (κ3) is 4.04. The Morgan fingerprint density at radius 1 is 0.900 bits per heavy atom. The van der Waals surface area contributed by atoms with Gasteiger partial charge in [-0.15, -0.1) is 11.8 Å². The molecule has 0 heterocycles. The second-order valence-corrected chi connectivity index (χ2v) is 6.79. The number of benzene rings is 2. The van der Waals surface area contributed by atoms with Crippen molar-refractivity contribution < 1.29 is 4.74 Å². The number of hydrogen-bond donors (Lipinski definition) is 0. The predicted molar refractivity (Wildman–Crippen MR) is 87.7 cm³/mol. The molecule has 0 aliphatic carbocycles. The molecule has 1 nitrogen and oxygen atoms in total. The second-order valence-electron chi connectivity index (χ2n) is 5.91. The lowest BCUT2D eigenvalue weighted by atomic mass is 9.87. The summed E-state index contributed by atoms with van der Waals surface area (Å²) in [5.41, 5.74) is 2.71. The first kappa shape index (κ1) is 15.0. The lowest BCUT2D eigenvalue weighted by molar-refractivity contribution is 0.306. The summed E-state index contributed by atoms with van der Waals surface area (Å²) in [6.07, 6.45) is 2.09. The molecule has 106 valence electrons. The monoisotopic (exact) mass is 286 g/mol. The molecule has 2 aromatic rings. The molecule has 0 aliphatic rings. The van der Waals surface area contributed by atoms with Gasteiger partial charge in [-0.25, -0.2) is 0 Å². The Balaban J connectivity index is 1.96. The number of ether oxygens (including phenoxy) is 1. The maximum atomic E-state index is 5.83. The summed E-state index contributed by atoms with van der Waals surface area (Å²) in [4.78, 5) is 1.28. The highest BCUT2D eigenvalue weighted by atomic mass is 32.2. The molecule has 0 fully saturated rings. The van der Waals surface area contributed by atoms with Gasteiger partial charge < -0.3 is 4.74 Å². The molecule has 0 atom stereocenters. The topological polar surface area (TPSA) is 9.23 Å². The number of rotatable bonds is 4. The van der Waals surface area contributed by atoms with Crippen molar-refractivity contribution in [2.75, 3.05) is 6.26 Å². The molecule has 0 amide bonds. The largest absolute Gasteiger partial charge is 0.489 e. The van der Waals surface area contributed by atoms with E-state index < -0.39 is 0 Å². The van der Waals surface area contributed by atoms with Gasteiger partial charge in [-0.05, 0) is 47.1 Å². The maximum Gasteiger partial charge on any atom is 0.119 e. The van der Waals surface area contributed by atoms with E-state index in [1.807, 2.05) is 0 Å². The van der Waals surface area contributed by atoms with Crippen molar-refractivity contribution >= 4 is 11.8 Å². The van der Waals surface area contributed by atoms with Crippen LogP contribution in [0.15, 0.2) is 53.4 Å². The van der Waals surface area contributed by atoms with Crippen molar-refractivity contribution in [2.45, 2.75) is 37.7 Å². The number of hydrogen-bond acceptors (Lipinski definition) is 2. The van der Waals surface area contributed by atoms with E-state index >= 15 is 0 Å². The molecule has 2 heteroatoms. The fraction of sp³-hybridized carbons (Fsp3) is 0.333. The lowest BCUT2D eigenvalue weighted by Gasteiger charge is -2.19. The molecule has 0 aliphatic heterocycles. The SMILES string of the molecule is CSc1ccc(COc2ccc(C(C)(C)C)cc2)cc1. The van der Waals surface area contributed by atoms with Gasteiger partial charge in [-0.2, -0.15) is 0 Å². The molecule has 0 spiro atoms. The summed E-state index contributed by atoms with van der Waals surface area (Å²) in [6, 6.07) is 16.9. The van der Waals surface area contributed by atoms with Crippen LogP contribution < -0.4 is 4.74 Å². The van der Waals surface area contributed by atoms with Crippen molar-refractivity contribution in [1.29, 1.82) is 0 Å². The summed E-state index contributed by atoms with van der Waals surface area (Å²) >= 11 is 1.76. The van der Waals surface area contributed by atoms with Crippen molar-refractivity contribution in [1.82, 2.24) is 0 Å². The molecule has 0 radical (unpaired) electrons. The third-order valence-corrected chi connectivity index (χ3v) is 4.03. The third-order valence-electron chi connectivity index (χ3n) is 3.28. The minimum atomic E-state index is 0.187. The molecule has 0 N–H and O–H groups in total. The van der Waals surface area contributed by atoms with Gasteiger partial charge in [0.05, 0.1) is 0 Å². The average molecular weight is 286 g/mol. The van der Waals surface area contributed by atoms with Gasteiger partial charge in [0.2, 0.25) is 0 Å². The van der Waals surface area contributed by atoms with E-state index in [9.17, 15) is 0 Å². The highest BCUT2D eigenvalue weighted by molar-refractivity contribution is 7.98. The molecular weight excluding hydrogens is 264 g/mol. The zero-order chi connectivity index (χ0) is 14.6. The average Bonchev–Trinajstić information content (AvgIpc) is 2.45. The normalized spacial score (nSPS) is 11.4. The molecule has 0 bridgehead atoms. The van der Waals surface area contributed by atoms with E-state index in [0.717, 1.165) is 5.75 Å². The highest BCUT2D eigenvalue weighted by Crippen LogP contribution is 2.24. The van der Waals surface area contributed by atoms with Crippen molar-refractivity contribution in [3.05, 3.63) is 59.7 Å². The van der Waals surface area contributed by atoms with Gasteiger partial charge in [0.1, 0.15) is 12.4 Å². The molecule has 0 unspecified atom stereocenters. The fourth-order valence-electron chi connectivity index (χ4n) is 1.94. The molecule has 0 aromatic heterocycles. The Labute approximate surface area is 126 Å². The van der Waals surface area contributed by atoms with Crippen LogP contribution in [0.5, 0.6) is 5.75 Å². The highest BCUT2D eigenvalue weighted by Gasteiger charge is 2.12. The molecule has 2 aromatic carbocycles. The van der Waals surface area contributed by atoms with E-state index in [0.29, 0.717) is 6.61 Å². The van der Waals surface area contributed by atoms with E-state index in [4.69, 9.17) is 4.74 Å². The fourth-order valence-corrected chi connectivity index (χ4v) is 2.35. The first-order valence-corrected chi connectivity index (χ1v) is 8.08. The van der Waals surface area contributed by atoms with Gasteiger partial charge in [-0.1, -0.05) is 45.0 Å². The Kier molecular flexibility index (Phi) is 4.77. The Bertz CT molecular complexity index is 535. The first-order valence-electron chi connectivity index (χ1n) is 6.85. The van der Waals surface area contributed by atoms with Crippen LogP contribution in [0.25, 0.3) is 0 Å². The zero-order valence-corrected chi connectivity index (χ0v) is 13.5. The van der Waals surface area contributed by atoms with Crippen LogP contribution in [0.1, 0.15) is 31.9 Å². The van der Waals surface area contributed by atoms with Crippen LogP contribution in [-0.2, 0) is 12.0 Å². The minimum absolute atomic E-state index is 0.187. The lowest BCUT2D eigenvalue weighted by Crippen LogP contribution is -2.10. The zero-order valence-electron chi connectivity index (χ0n) is 12.6. The minimum Gasteiger partial charge on any atom is -0.489 e. The van der Waals surface area contributed by atoms with Crippen molar-refractivity contribution in [3.63, 3.8) is 0 Å². The molecule has 2 rings (SSSR count). The van der Waals surface area contributed by atoms with Crippen LogP contribution >= 0.6 is 11.8 Å². The second kappa shape index (κ2) is 6.36. The quantitative estimate of drug-likeness (QED) is 0.707. The van der Waals surface area contributed by atoms with Crippen LogP contribution in [0.4, 0.5) is 0 Å². The molecule has 0 saturated carbocycles. The summed E-state index contributed by atoms with van der Waals surface area (Å²) < 4.78 is 5.83. The van der Waals surface area contributed by atoms with E-state index in [1.165, 1.54) is 16.0 Å². The van der Waals surface area contributed by atoms with Crippen molar-refractivity contribution in [2.24, 2.45) is 0 Å². The Morgan fingerprint density at radius 3 is 2.00 bits per heavy atom. The molecular formula is C18H22OS. The van der Waals surface area contributed by atoms with Crippen LogP contribution in [0.2, 0.25) is 0 Å². The van der Waals surface area contributed by atoms with Crippen LogP contribution in [-0.4, -0.2) is 6.26 Å². The van der Waals surface area contributed by atoms with Crippen LogP contribution in [0.3, 0.4) is 0 Å². The summed E-state index contributed by atoms with van der Waals surface area (Å²) in [7, 11) is 0. The van der Waals surface area contributed by atoms with Crippen LogP contribution in [0, 0.1) is 0 Å². The Morgan fingerprint density at radius 2 is 1.50 bits per heavy atom. The van der Waals surface area contributed by atoms with E-state index in [-0.39, 0.29) is 5.41 Å². The number of thioether (sulfide) groups is 1. The predicted octanol–water partition coefficient (Wildman–Crippen LogP) is 5.29. The van der Waals surface area contributed by atoms with Gasteiger partial charge >= 0.3 is 0 Å². The molecule has 20 heavy (non-hydrogen) atoms. The smallest absolute Gasteiger partial charge is 0.119 e. The Hall–Kier alpha value is -1.41. The van der Waals surface area contributed by atoms with Gasteiger partial charge in [-0.3, -0.25) is 0 Å². The van der Waals surface area contributed by atoms with Gasteiger partial charge in [0, 0.05) is 4.90 Å². The van der Waals surface area contributed by atoms with Gasteiger partial charge in [0.25, 0.3) is 0 Å². The van der Waals surface area contributed by atoms with E-state index in [2.05, 4.69) is 75.6 Å². The van der Waals surface area contributed by atoms with Gasteiger partial charge in [0.15, 0.2) is 0 Å². The van der Waals surface area contributed by atoms with Crippen molar-refractivity contribution in [3.8, 4) is 5.75 Å².